The number of benzene rings is 1. The SMILES string of the molecule is COc1cccc2c1[P@](C(C)(C)C)C(c1ccccn1)O2. The van der Waals surface area contributed by atoms with Crippen LogP contribution in [0.1, 0.15) is 32.3 Å². The summed E-state index contributed by atoms with van der Waals surface area (Å²) in [5, 5.41) is 1.33. The Balaban J connectivity index is 2.14. The first-order chi connectivity index (χ1) is 10.0. The molecule has 2 aromatic rings. The molecule has 0 saturated carbocycles. The molecule has 0 saturated heterocycles. The van der Waals surface area contributed by atoms with Gasteiger partial charge in [-0.05, 0) is 37.3 Å². The van der Waals surface area contributed by atoms with Gasteiger partial charge in [0.25, 0.3) is 0 Å². The second-order valence-corrected chi connectivity index (χ2v) is 9.07. The van der Waals surface area contributed by atoms with Crippen molar-refractivity contribution in [2.75, 3.05) is 7.11 Å². The Bertz CT molecular complexity index is 637. The zero-order valence-electron chi connectivity index (χ0n) is 12.8. The Labute approximate surface area is 127 Å². The standard InChI is InChI=1S/C17H20NO2P/c1-17(2,3)21-15-13(19-4)9-7-10-14(15)20-16(21)12-8-5-6-11-18-12/h5-11,16H,1-4H3/t16?,21-/m0/s1. The highest BCUT2D eigenvalue weighted by Gasteiger charge is 2.44. The Morgan fingerprint density at radius 2 is 1.95 bits per heavy atom. The van der Waals surface area contributed by atoms with Gasteiger partial charge in [-0.2, -0.15) is 0 Å². The molecule has 0 fully saturated rings. The number of methoxy groups -OCH3 is 1. The normalized spacial score (nSPS) is 20.8. The van der Waals surface area contributed by atoms with Gasteiger partial charge in [0.15, 0.2) is 5.85 Å². The molecule has 1 aliphatic heterocycles. The molecular weight excluding hydrogens is 281 g/mol. The lowest BCUT2D eigenvalue weighted by Crippen LogP contribution is -2.21. The summed E-state index contributed by atoms with van der Waals surface area (Å²) in [6.07, 6.45) is 1.83. The molecule has 3 rings (SSSR count). The Hall–Kier alpha value is -1.60. The highest BCUT2D eigenvalue weighted by atomic mass is 31.1. The lowest BCUT2D eigenvalue weighted by atomic mass is 10.3. The summed E-state index contributed by atoms with van der Waals surface area (Å²) in [4.78, 5) is 4.51. The topological polar surface area (TPSA) is 31.4 Å². The van der Waals surface area contributed by atoms with Gasteiger partial charge < -0.3 is 9.47 Å². The minimum absolute atomic E-state index is 0.00694. The zero-order chi connectivity index (χ0) is 15.0. The van der Waals surface area contributed by atoms with Crippen molar-refractivity contribution in [1.29, 1.82) is 0 Å². The van der Waals surface area contributed by atoms with E-state index in [1.807, 2.05) is 42.6 Å². The van der Waals surface area contributed by atoms with Gasteiger partial charge in [0, 0.05) is 6.20 Å². The second kappa shape index (κ2) is 5.31. The van der Waals surface area contributed by atoms with E-state index in [0.717, 1.165) is 17.2 Å². The first-order valence-corrected chi connectivity index (χ1v) is 8.47. The molecule has 2 heterocycles. The predicted molar refractivity (Wildman–Crippen MR) is 86.9 cm³/mol. The summed E-state index contributed by atoms with van der Waals surface area (Å²) < 4.78 is 11.8. The molecule has 2 atom stereocenters. The van der Waals surface area contributed by atoms with Gasteiger partial charge >= 0.3 is 0 Å². The first-order valence-electron chi connectivity index (χ1n) is 7.06. The summed E-state index contributed by atoms with van der Waals surface area (Å²) in [6, 6.07) is 12.0. The van der Waals surface area contributed by atoms with E-state index in [4.69, 9.17) is 9.47 Å². The van der Waals surface area contributed by atoms with Gasteiger partial charge in [0.1, 0.15) is 11.5 Å². The summed E-state index contributed by atoms with van der Waals surface area (Å²) in [5.74, 6) is 1.85. The van der Waals surface area contributed by atoms with Crippen molar-refractivity contribution < 1.29 is 9.47 Å². The monoisotopic (exact) mass is 301 g/mol. The van der Waals surface area contributed by atoms with Crippen molar-refractivity contribution in [2.24, 2.45) is 0 Å². The number of rotatable bonds is 2. The molecule has 0 aliphatic carbocycles. The molecule has 1 aromatic carbocycles. The quantitative estimate of drug-likeness (QED) is 0.783. The smallest absolute Gasteiger partial charge is 0.163 e. The van der Waals surface area contributed by atoms with Crippen molar-refractivity contribution in [3.63, 3.8) is 0 Å². The molecule has 1 aromatic heterocycles. The number of fused-ring (bicyclic) bond motifs is 1. The Kier molecular flexibility index (Phi) is 3.62. The van der Waals surface area contributed by atoms with Crippen LogP contribution in [-0.4, -0.2) is 17.2 Å². The first kappa shape index (κ1) is 14.3. The van der Waals surface area contributed by atoms with Crippen LogP contribution in [0.5, 0.6) is 11.5 Å². The number of pyridine rings is 1. The number of nitrogens with zero attached hydrogens (tertiary/aromatic N) is 1. The molecule has 1 aliphatic rings. The van der Waals surface area contributed by atoms with E-state index in [9.17, 15) is 0 Å². The van der Waals surface area contributed by atoms with Crippen LogP contribution in [0.4, 0.5) is 0 Å². The summed E-state index contributed by atoms with van der Waals surface area (Å²) in [5.41, 5.74) is 0.997. The number of hydrogen-bond acceptors (Lipinski definition) is 3. The average Bonchev–Trinajstić information content (AvgIpc) is 2.87. The maximum atomic E-state index is 6.26. The number of aromatic nitrogens is 1. The van der Waals surface area contributed by atoms with Gasteiger partial charge in [0.2, 0.25) is 0 Å². The molecule has 3 nitrogen and oxygen atoms in total. The van der Waals surface area contributed by atoms with E-state index in [1.165, 1.54) is 5.30 Å². The predicted octanol–water partition coefficient (Wildman–Crippen LogP) is 4.09. The molecule has 0 radical (unpaired) electrons. The molecule has 21 heavy (non-hydrogen) atoms. The highest BCUT2D eigenvalue weighted by Crippen LogP contribution is 2.65. The lowest BCUT2D eigenvalue weighted by molar-refractivity contribution is 0.294. The summed E-state index contributed by atoms with van der Waals surface area (Å²) in [6.45, 7) is 6.79. The van der Waals surface area contributed by atoms with Gasteiger partial charge in [-0.1, -0.05) is 32.9 Å². The van der Waals surface area contributed by atoms with Gasteiger partial charge in [-0.15, -0.1) is 0 Å². The minimum atomic E-state index is -0.578. The summed E-state index contributed by atoms with van der Waals surface area (Å²) in [7, 11) is 1.14. The maximum absolute atomic E-state index is 6.26. The van der Waals surface area contributed by atoms with E-state index in [0.29, 0.717) is 0 Å². The molecule has 0 N–H and O–H groups in total. The van der Waals surface area contributed by atoms with Crippen LogP contribution in [0.25, 0.3) is 0 Å². The summed E-state index contributed by atoms with van der Waals surface area (Å²) >= 11 is 0. The molecule has 0 spiro atoms. The number of ether oxygens (including phenoxy) is 2. The van der Waals surface area contributed by atoms with Crippen LogP contribution < -0.4 is 14.8 Å². The van der Waals surface area contributed by atoms with Crippen molar-refractivity contribution in [3.8, 4) is 11.5 Å². The molecule has 0 bridgehead atoms. The Morgan fingerprint density at radius 3 is 2.57 bits per heavy atom. The Morgan fingerprint density at radius 1 is 1.14 bits per heavy atom. The van der Waals surface area contributed by atoms with Gasteiger partial charge in [-0.25, -0.2) is 0 Å². The maximum Gasteiger partial charge on any atom is 0.163 e. The molecular formula is C17H20NO2P. The van der Waals surface area contributed by atoms with Crippen LogP contribution in [0.2, 0.25) is 0 Å². The largest absolute Gasteiger partial charge is 0.496 e. The molecule has 1 unspecified atom stereocenters. The lowest BCUT2D eigenvalue weighted by Gasteiger charge is -2.31. The van der Waals surface area contributed by atoms with E-state index < -0.39 is 7.92 Å². The van der Waals surface area contributed by atoms with Gasteiger partial charge in [0.05, 0.1) is 18.1 Å². The third-order valence-electron chi connectivity index (χ3n) is 3.56. The van der Waals surface area contributed by atoms with Crippen LogP contribution in [0.15, 0.2) is 42.6 Å². The fourth-order valence-electron chi connectivity index (χ4n) is 2.69. The highest BCUT2D eigenvalue weighted by molar-refractivity contribution is 7.68. The fourth-order valence-corrected chi connectivity index (χ4v) is 5.70. The van der Waals surface area contributed by atoms with Crippen molar-refractivity contribution in [1.82, 2.24) is 4.98 Å². The molecule has 4 heteroatoms. The zero-order valence-corrected chi connectivity index (χ0v) is 13.7. The molecule has 110 valence electrons. The van der Waals surface area contributed by atoms with Crippen LogP contribution >= 0.6 is 7.92 Å². The third kappa shape index (κ3) is 2.51. The van der Waals surface area contributed by atoms with Crippen molar-refractivity contribution in [3.05, 3.63) is 48.3 Å². The van der Waals surface area contributed by atoms with E-state index in [-0.39, 0.29) is 11.0 Å². The second-order valence-electron chi connectivity index (χ2n) is 6.07. The van der Waals surface area contributed by atoms with Crippen LogP contribution in [0, 0.1) is 0 Å². The molecule has 0 amide bonds. The average molecular weight is 301 g/mol. The van der Waals surface area contributed by atoms with Crippen LogP contribution in [-0.2, 0) is 0 Å². The fraction of sp³-hybridized carbons (Fsp3) is 0.353. The number of hydrogen-bond donors (Lipinski definition) is 0. The van der Waals surface area contributed by atoms with Crippen molar-refractivity contribution >= 4 is 13.2 Å². The van der Waals surface area contributed by atoms with Gasteiger partial charge in [-0.3, -0.25) is 4.98 Å². The van der Waals surface area contributed by atoms with E-state index in [1.54, 1.807) is 7.11 Å². The van der Waals surface area contributed by atoms with E-state index in [2.05, 4.69) is 25.8 Å². The van der Waals surface area contributed by atoms with Crippen molar-refractivity contribution in [2.45, 2.75) is 31.8 Å². The minimum Gasteiger partial charge on any atom is -0.496 e. The van der Waals surface area contributed by atoms with E-state index >= 15 is 0 Å². The van der Waals surface area contributed by atoms with Crippen LogP contribution in [0.3, 0.4) is 0 Å². The third-order valence-corrected chi connectivity index (χ3v) is 6.77.